The fraction of sp³-hybridized carbons (Fsp3) is 0.500. The first-order chi connectivity index (χ1) is 11.0. The zero-order chi connectivity index (χ0) is 16.8. The van der Waals surface area contributed by atoms with Crippen molar-refractivity contribution in [1.29, 1.82) is 0 Å². The smallest absolute Gasteiger partial charge is 0.251 e. The number of ether oxygens (including phenoxy) is 2. The highest BCUT2D eigenvalue weighted by Crippen LogP contribution is 2.29. The summed E-state index contributed by atoms with van der Waals surface area (Å²) in [7, 11) is 3.21. The van der Waals surface area contributed by atoms with Gasteiger partial charge in [0.05, 0.1) is 6.04 Å². The highest BCUT2D eigenvalue weighted by molar-refractivity contribution is 5.86. The first kappa shape index (κ1) is 17.4. The third-order valence-electron chi connectivity index (χ3n) is 3.78. The quantitative estimate of drug-likeness (QED) is 0.789. The Kier molecular flexibility index (Phi) is 6.06. The second-order valence-corrected chi connectivity index (χ2v) is 5.37. The Balaban J connectivity index is 2.13. The molecule has 1 aliphatic rings. The summed E-state index contributed by atoms with van der Waals surface area (Å²) < 4.78 is 23.5. The fourth-order valence-corrected chi connectivity index (χ4v) is 2.52. The van der Waals surface area contributed by atoms with E-state index in [0.717, 1.165) is 0 Å². The Morgan fingerprint density at radius 3 is 2.78 bits per heavy atom. The van der Waals surface area contributed by atoms with Gasteiger partial charge in [0, 0.05) is 27.3 Å². The van der Waals surface area contributed by atoms with Crippen LogP contribution < -0.4 is 5.32 Å². The molecule has 1 fully saturated rings. The topological polar surface area (TPSA) is 67.9 Å². The number of carbonyl (C=O) groups is 2. The molecule has 0 bridgehead atoms. The summed E-state index contributed by atoms with van der Waals surface area (Å²) in [5.41, 5.74) is 0.652. The molecule has 0 radical (unpaired) electrons. The summed E-state index contributed by atoms with van der Waals surface area (Å²) in [6.45, 7) is 0.857. The molecular weight excluding hydrogens is 303 g/mol. The molecule has 1 saturated heterocycles. The largest absolute Gasteiger partial charge is 0.385 e. The Morgan fingerprint density at radius 1 is 1.43 bits per heavy atom. The lowest BCUT2D eigenvalue weighted by Gasteiger charge is -2.38. The Bertz CT molecular complexity index is 550. The van der Waals surface area contributed by atoms with E-state index >= 15 is 0 Å². The summed E-state index contributed by atoms with van der Waals surface area (Å²) >= 11 is 0. The minimum Gasteiger partial charge on any atom is -0.385 e. The first-order valence-corrected chi connectivity index (χ1v) is 7.44. The lowest BCUT2D eigenvalue weighted by Crippen LogP contribution is -2.53. The highest BCUT2D eigenvalue weighted by atomic mass is 19.1. The standard InChI is InChI=1S/C16H21FN2O4/c1-19-13(20)10-23-15(16(21)18-8-3-9-22-2)14(19)11-4-6-12(17)7-5-11/h4-7,14-15H,3,8-10H2,1-2H3,(H,18,21)/t14-,15+/m0/s1. The lowest BCUT2D eigenvalue weighted by molar-refractivity contribution is -0.162. The number of amides is 2. The summed E-state index contributed by atoms with van der Waals surface area (Å²) in [5, 5.41) is 2.78. The first-order valence-electron chi connectivity index (χ1n) is 7.44. The Morgan fingerprint density at radius 2 is 2.13 bits per heavy atom. The van der Waals surface area contributed by atoms with Crippen molar-refractivity contribution < 1.29 is 23.5 Å². The van der Waals surface area contributed by atoms with Crippen molar-refractivity contribution in [1.82, 2.24) is 10.2 Å². The van der Waals surface area contributed by atoms with Gasteiger partial charge in [-0.05, 0) is 24.1 Å². The van der Waals surface area contributed by atoms with Crippen LogP contribution in [0, 0.1) is 5.82 Å². The molecule has 0 unspecified atom stereocenters. The number of nitrogens with one attached hydrogen (secondary N) is 1. The molecular formula is C16H21FN2O4. The minimum absolute atomic E-state index is 0.148. The van der Waals surface area contributed by atoms with E-state index in [1.807, 2.05) is 0 Å². The van der Waals surface area contributed by atoms with Crippen molar-refractivity contribution in [3.05, 3.63) is 35.6 Å². The SMILES string of the molecule is COCCCNC(=O)[C@@H]1OCC(=O)N(C)[C@H]1c1ccc(F)cc1. The third kappa shape index (κ3) is 4.27. The average molecular weight is 324 g/mol. The summed E-state index contributed by atoms with van der Waals surface area (Å²) in [4.78, 5) is 25.7. The lowest BCUT2D eigenvalue weighted by atomic mass is 9.97. The Labute approximate surface area is 134 Å². The van der Waals surface area contributed by atoms with Crippen molar-refractivity contribution in [3.8, 4) is 0 Å². The van der Waals surface area contributed by atoms with E-state index < -0.39 is 12.1 Å². The van der Waals surface area contributed by atoms with Crippen LogP contribution in [0.4, 0.5) is 4.39 Å². The monoisotopic (exact) mass is 324 g/mol. The van der Waals surface area contributed by atoms with Gasteiger partial charge in [-0.1, -0.05) is 12.1 Å². The maximum absolute atomic E-state index is 13.1. The third-order valence-corrected chi connectivity index (χ3v) is 3.78. The molecule has 23 heavy (non-hydrogen) atoms. The van der Waals surface area contributed by atoms with E-state index in [4.69, 9.17) is 9.47 Å². The van der Waals surface area contributed by atoms with Gasteiger partial charge in [0.25, 0.3) is 5.91 Å². The van der Waals surface area contributed by atoms with Crippen molar-refractivity contribution in [3.63, 3.8) is 0 Å². The van der Waals surface area contributed by atoms with Gasteiger partial charge in [-0.15, -0.1) is 0 Å². The van der Waals surface area contributed by atoms with Crippen LogP contribution in [-0.2, 0) is 19.1 Å². The number of morpholine rings is 1. The van der Waals surface area contributed by atoms with E-state index in [9.17, 15) is 14.0 Å². The molecule has 2 atom stereocenters. The van der Waals surface area contributed by atoms with Gasteiger partial charge >= 0.3 is 0 Å². The zero-order valence-corrected chi connectivity index (χ0v) is 13.3. The maximum Gasteiger partial charge on any atom is 0.251 e. The van der Waals surface area contributed by atoms with Crippen LogP contribution in [0.3, 0.4) is 0 Å². The van der Waals surface area contributed by atoms with Crippen LogP contribution in [0.2, 0.25) is 0 Å². The number of hydrogen-bond acceptors (Lipinski definition) is 4. The fourth-order valence-electron chi connectivity index (χ4n) is 2.52. The van der Waals surface area contributed by atoms with Crippen LogP contribution in [0.1, 0.15) is 18.0 Å². The number of likely N-dealkylation sites (N-methyl/N-ethyl adjacent to an activating group) is 1. The van der Waals surface area contributed by atoms with E-state index in [1.54, 1.807) is 26.3 Å². The van der Waals surface area contributed by atoms with Gasteiger partial charge in [0.15, 0.2) is 6.10 Å². The van der Waals surface area contributed by atoms with Gasteiger partial charge in [-0.3, -0.25) is 9.59 Å². The maximum atomic E-state index is 13.1. The van der Waals surface area contributed by atoms with Crippen molar-refractivity contribution in [2.75, 3.05) is 33.9 Å². The number of rotatable bonds is 6. The molecule has 0 aliphatic carbocycles. The van der Waals surface area contributed by atoms with Gasteiger partial charge in [-0.25, -0.2) is 4.39 Å². The number of hydrogen-bond donors (Lipinski definition) is 1. The van der Waals surface area contributed by atoms with Gasteiger partial charge in [-0.2, -0.15) is 0 Å². The average Bonchev–Trinajstić information content (AvgIpc) is 2.55. The van der Waals surface area contributed by atoms with Crippen molar-refractivity contribution in [2.24, 2.45) is 0 Å². The number of methoxy groups -OCH3 is 1. The Hall–Kier alpha value is -1.99. The predicted octanol–water partition coefficient (Wildman–Crippen LogP) is 0.877. The molecule has 1 N–H and O–H groups in total. The summed E-state index contributed by atoms with van der Waals surface area (Å²) in [5.74, 6) is -0.891. The van der Waals surface area contributed by atoms with Crippen molar-refractivity contribution >= 4 is 11.8 Å². The number of benzene rings is 1. The molecule has 2 amide bonds. The molecule has 0 spiro atoms. The van der Waals surface area contributed by atoms with E-state index in [2.05, 4.69) is 5.32 Å². The molecule has 7 heteroatoms. The van der Waals surface area contributed by atoms with Crippen LogP contribution in [0.5, 0.6) is 0 Å². The predicted molar refractivity (Wildman–Crippen MR) is 81.2 cm³/mol. The highest BCUT2D eigenvalue weighted by Gasteiger charge is 2.39. The van der Waals surface area contributed by atoms with E-state index in [-0.39, 0.29) is 24.2 Å². The molecule has 0 aromatic heterocycles. The number of carbonyl (C=O) groups excluding carboxylic acids is 2. The molecule has 1 aliphatic heterocycles. The molecule has 0 saturated carbocycles. The van der Waals surface area contributed by atoms with Crippen molar-refractivity contribution in [2.45, 2.75) is 18.6 Å². The van der Waals surface area contributed by atoms with E-state index in [1.165, 1.54) is 17.0 Å². The van der Waals surface area contributed by atoms with Crippen LogP contribution in [0.15, 0.2) is 24.3 Å². The second-order valence-electron chi connectivity index (χ2n) is 5.37. The molecule has 1 heterocycles. The minimum atomic E-state index is -0.828. The van der Waals surface area contributed by atoms with E-state index in [0.29, 0.717) is 25.1 Å². The normalized spacial score (nSPS) is 21.3. The molecule has 1 aromatic rings. The summed E-state index contributed by atoms with van der Waals surface area (Å²) in [6, 6.07) is 5.14. The van der Waals surface area contributed by atoms with Crippen LogP contribution in [0.25, 0.3) is 0 Å². The number of nitrogens with zero attached hydrogens (tertiary/aromatic N) is 1. The van der Waals surface area contributed by atoms with Gasteiger partial charge < -0.3 is 19.7 Å². The van der Waals surface area contributed by atoms with Gasteiger partial charge in [0.1, 0.15) is 12.4 Å². The zero-order valence-electron chi connectivity index (χ0n) is 13.3. The van der Waals surface area contributed by atoms with Crippen LogP contribution >= 0.6 is 0 Å². The molecule has 1 aromatic carbocycles. The van der Waals surface area contributed by atoms with Gasteiger partial charge in [0.2, 0.25) is 5.91 Å². The molecule has 6 nitrogen and oxygen atoms in total. The molecule has 2 rings (SSSR count). The number of halogens is 1. The summed E-state index contributed by atoms with van der Waals surface area (Å²) in [6.07, 6.45) is -0.143. The second kappa shape index (κ2) is 8.03. The van der Waals surface area contributed by atoms with Crippen LogP contribution in [-0.4, -0.2) is 56.7 Å². The molecule has 126 valence electrons.